The summed E-state index contributed by atoms with van der Waals surface area (Å²) < 4.78 is 5.28. The van der Waals surface area contributed by atoms with Crippen LogP contribution in [0.2, 0.25) is 0 Å². The molecule has 5 heteroatoms. The Kier molecular flexibility index (Phi) is 6.76. The van der Waals surface area contributed by atoms with Gasteiger partial charge in [-0.2, -0.15) is 0 Å². The van der Waals surface area contributed by atoms with E-state index < -0.39 is 0 Å². The van der Waals surface area contributed by atoms with Gasteiger partial charge in [-0.1, -0.05) is 0 Å². The molecule has 0 bridgehead atoms. The van der Waals surface area contributed by atoms with Crippen molar-refractivity contribution in [3.05, 3.63) is 0 Å². The molecule has 116 valence electrons. The van der Waals surface area contributed by atoms with E-state index in [1.165, 1.54) is 32.4 Å². The summed E-state index contributed by atoms with van der Waals surface area (Å²) in [7, 11) is 2.19. The fourth-order valence-corrected chi connectivity index (χ4v) is 2.98. The highest BCUT2D eigenvalue weighted by Crippen LogP contribution is 2.18. The van der Waals surface area contributed by atoms with E-state index in [2.05, 4.69) is 22.6 Å². The van der Waals surface area contributed by atoms with Gasteiger partial charge in [0.05, 0.1) is 6.54 Å². The number of nitrogens with one attached hydrogen (secondary N) is 2. The van der Waals surface area contributed by atoms with E-state index in [0.29, 0.717) is 12.6 Å². The lowest BCUT2D eigenvalue weighted by Gasteiger charge is -2.29. The third-order valence-corrected chi connectivity index (χ3v) is 4.44. The molecule has 20 heavy (non-hydrogen) atoms. The number of piperidine rings is 1. The van der Waals surface area contributed by atoms with Gasteiger partial charge in [-0.15, -0.1) is 0 Å². The monoisotopic (exact) mass is 283 g/mol. The van der Waals surface area contributed by atoms with Crippen LogP contribution in [0.1, 0.15) is 32.1 Å². The number of carbonyl (C=O) groups is 1. The topological polar surface area (TPSA) is 53.6 Å². The maximum Gasteiger partial charge on any atom is 0.234 e. The van der Waals surface area contributed by atoms with Gasteiger partial charge >= 0.3 is 0 Å². The summed E-state index contributed by atoms with van der Waals surface area (Å²) in [6, 6.07) is 0.312. The van der Waals surface area contributed by atoms with E-state index in [1.54, 1.807) is 0 Å². The van der Waals surface area contributed by atoms with Crippen LogP contribution in [-0.4, -0.2) is 63.3 Å². The molecular weight excluding hydrogens is 254 g/mol. The fraction of sp³-hybridized carbons (Fsp3) is 0.933. The van der Waals surface area contributed by atoms with Crippen LogP contribution in [0.25, 0.3) is 0 Å². The third kappa shape index (κ3) is 5.77. The molecule has 0 aromatic rings. The molecule has 0 spiro atoms. The number of nitrogens with zero attached hydrogens (tertiary/aromatic N) is 1. The minimum absolute atomic E-state index is 0.125. The Bertz CT molecular complexity index is 285. The van der Waals surface area contributed by atoms with Crippen molar-refractivity contribution in [1.29, 1.82) is 0 Å². The number of rotatable bonds is 6. The predicted octanol–water partition coefficient (Wildman–Crippen LogP) is 0.603. The first kappa shape index (κ1) is 15.7. The maximum absolute atomic E-state index is 11.8. The van der Waals surface area contributed by atoms with E-state index in [0.717, 1.165) is 38.5 Å². The van der Waals surface area contributed by atoms with Crippen LogP contribution >= 0.6 is 0 Å². The first-order valence-corrected chi connectivity index (χ1v) is 8.00. The molecule has 5 nitrogen and oxygen atoms in total. The Hall–Kier alpha value is -0.650. The third-order valence-electron chi connectivity index (χ3n) is 4.44. The van der Waals surface area contributed by atoms with Gasteiger partial charge in [0, 0.05) is 19.3 Å². The van der Waals surface area contributed by atoms with Gasteiger partial charge in [-0.25, -0.2) is 0 Å². The number of amides is 1. The Morgan fingerprint density at radius 1 is 1.20 bits per heavy atom. The molecule has 0 radical (unpaired) electrons. The Morgan fingerprint density at radius 3 is 2.60 bits per heavy atom. The molecule has 0 aromatic heterocycles. The lowest BCUT2D eigenvalue weighted by Crippen LogP contribution is -2.43. The molecule has 0 unspecified atom stereocenters. The van der Waals surface area contributed by atoms with Crippen molar-refractivity contribution in [2.75, 3.05) is 46.4 Å². The van der Waals surface area contributed by atoms with Crippen LogP contribution in [0.5, 0.6) is 0 Å². The van der Waals surface area contributed by atoms with Crippen molar-refractivity contribution >= 4 is 5.91 Å². The lowest BCUT2D eigenvalue weighted by atomic mass is 9.94. The lowest BCUT2D eigenvalue weighted by molar-refractivity contribution is -0.121. The molecule has 2 aliphatic heterocycles. The highest BCUT2D eigenvalue weighted by molar-refractivity contribution is 5.78. The van der Waals surface area contributed by atoms with E-state index in [-0.39, 0.29) is 5.91 Å². The molecule has 1 amide bonds. The summed E-state index contributed by atoms with van der Waals surface area (Å²) in [5.74, 6) is 0.956. The van der Waals surface area contributed by atoms with Crippen LogP contribution in [0.3, 0.4) is 0 Å². The smallest absolute Gasteiger partial charge is 0.234 e. The van der Waals surface area contributed by atoms with Gasteiger partial charge in [0.2, 0.25) is 5.91 Å². The first-order valence-electron chi connectivity index (χ1n) is 8.00. The Balaban J connectivity index is 1.48. The van der Waals surface area contributed by atoms with Crippen LogP contribution in [0.15, 0.2) is 0 Å². The molecule has 0 atom stereocenters. The zero-order valence-electron chi connectivity index (χ0n) is 12.7. The van der Waals surface area contributed by atoms with E-state index >= 15 is 0 Å². The summed E-state index contributed by atoms with van der Waals surface area (Å²) in [6.07, 6.45) is 5.68. The maximum atomic E-state index is 11.8. The fourth-order valence-electron chi connectivity index (χ4n) is 2.98. The summed E-state index contributed by atoms with van der Waals surface area (Å²) in [4.78, 5) is 14.2. The average Bonchev–Trinajstić information content (AvgIpc) is 2.46. The molecule has 0 aliphatic carbocycles. The van der Waals surface area contributed by atoms with Crippen molar-refractivity contribution < 1.29 is 9.53 Å². The highest BCUT2D eigenvalue weighted by Gasteiger charge is 2.17. The van der Waals surface area contributed by atoms with Gasteiger partial charge in [-0.3, -0.25) is 4.79 Å². The second-order valence-corrected chi connectivity index (χ2v) is 6.17. The SMILES string of the molecule is CN1CCC(CCNCC(=O)NC2CCOCC2)CC1. The molecule has 2 heterocycles. The zero-order chi connectivity index (χ0) is 14.2. The number of ether oxygens (including phenoxy) is 1. The predicted molar refractivity (Wildman–Crippen MR) is 79.7 cm³/mol. The van der Waals surface area contributed by atoms with Crippen LogP contribution in [0, 0.1) is 5.92 Å². The van der Waals surface area contributed by atoms with Crippen molar-refractivity contribution in [1.82, 2.24) is 15.5 Å². The van der Waals surface area contributed by atoms with Crippen molar-refractivity contribution in [3.8, 4) is 0 Å². The summed E-state index contributed by atoms with van der Waals surface area (Å²) in [5, 5.41) is 6.35. The van der Waals surface area contributed by atoms with Crippen LogP contribution in [-0.2, 0) is 9.53 Å². The van der Waals surface area contributed by atoms with Gasteiger partial charge in [-0.05, 0) is 64.7 Å². The largest absolute Gasteiger partial charge is 0.381 e. The van der Waals surface area contributed by atoms with Crippen LogP contribution < -0.4 is 10.6 Å². The standard InChI is InChI=1S/C15H29N3O2/c1-18-8-3-13(4-9-18)2-7-16-12-15(19)17-14-5-10-20-11-6-14/h13-14,16H,2-12H2,1H3,(H,17,19). The van der Waals surface area contributed by atoms with Gasteiger partial charge in [0.15, 0.2) is 0 Å². The molecular formula is C15H29N3O2. The molecule has 0 saturated carbocycles. The molecule has 2 saturated heterocycles. The second-order valence-electron chi connectivity index (χ2n) is 6.17. The number of hydrogen-bond acceptors (Lipinski definition) is 4. The van der Waals surface area contributed by atoms with E-state index in [1.807, 2.05) is 0 Å². The molecule has 0 aromatic carbocycles. The number of hydrogen-bond donors (Lipinski definition) is 2. The van der Waals surface area contributed by atoms with Crippen molar-refractivity contribution in [3.63, 3.8) is 0 Å². The Labute approximate surface area is 122 Å². The molecule has 2 fully saturated rings. The summed E-state index contributed by atoms with van der Waals surface area (Å²) in [5.41, 5.74) is 0. The number of likely N-dealkylation sites (tertiary alicyclic amines) is 1. The Morgan fingerprint density at radius 2 is 1.90 bits per heavy atom. The van der Waals surface area contributed by atoms with E-state index in [9.17, 15) is 4.79 Å². The normalized spacial score (nSPS) is 22.9. The first-order chi connectivity index (χ1) is 9.74. The number of carbonyl (C=O) groups excluding carboxylic acids is 1. The van der Waals surface area contributed by atoms with Gasteiger partial charge < -0.3 is 20.3 Å². The minimum atomic E-state index is 0.125. The average molecular weight is 283 g/mol. The minimum Gasteiger partial charge on any atom is -0.381 e. The molecule has 2 rings (SSSR count). The molecule has 2 aliphatic rings. The zero-order valence-corrected chi connectivity index (χ0v) is 12.7. The summed E-state index contributed by atoms with van der Waals surface area (Å²) in [6.45, 7) is 5.38. The quantitative estimate of drug-likeness (QED) is 0.701. The second kappa shape index (κ2) is 8.60. The van der Waals surface area contributed by atoms with Crippen molar-refractivity contribution in [2.24, 2.45) is 5.92 Å². The highest BCUT2D eigenvalue weighted by atomic mass is 16.5. The van der Waals surface area contributed by atoms with E-state index in [4.69, 9.17) is 4.74 Å². The van der Waals surface area contributed by atoms with Crippen molar-refractivity contribution in [2.45, 2.75) is 38.1 Å². The van der Waals surface area contributed by atoms with Gasteiger partial charge in [0.25, 0.3) is 0 Å². The van der Waals surface area contributed by atoms with Crippen LogP contribution in [0.4, 0.5) is 0 Å². The summed E-state index contributed by atoms with van der Waals surface area (Å²) >= 11 is 0. The van der Waals surface area contributed by atoms with Gasteiger partial charge in [0.1, 0.15) is 0 Å². The molecule has 2 N–H and O–H groups in total.